The quantitative estimate of drug-likeness (QED) is 0.854. The molecule has 1 aliphatic rings. The second kappa shape index (κ2) is 6.08. The maximum atomic E-state index is 13.0. The molecule has 116 valence electrons. The van der Waals surface area contributed by atoms with Crippen molar-refractivity contribution in [2.24, 2.45) is 0 Å². The van der Waals surface area contributed by atoms with Crippen molar-refractivity contribution in [3.8, 4) is 0 Å². The van der Waals surface area contributed by atoms with Gasteiger partial charge in [0.15, 0.2) is 0 Å². The van der Waals surface area contributed by atoms with Gasteiger partial charge in [0, 0.05) is 19.6 Å². The van der Waals surface area contributed by atoms with Gasteiger partial charge >= 0.3 is 0 Å². The number of hydrogen-bond donors (Lipinski definition) is 2. The lowest BCUT2D eigenvalue weighted by Gasteiger charge is -2.36. The molecule has 0 spiro atoms. The number of carbonyl (C=O) groups excluding carboxylic acids is 1. The largest absolute Gasteiger partial charge is 0.355 e. The first-order valence-electron chi connectivity index (χ1n) is 6.63. The standard InChI is InChI=1S/C13H18FN3O3S/c1-3-15-13(18)12-8-11(16-21(19,20)17(12)2)9-4-6-10(14)7-5-9/h4-7,11-12,16H,3,8H2,1-2H3,(H,15,18)/t11-,12-/m0/s1. The summed E-state index contributed by atoms with van der Waals surface area (Å²) in [5.74, 6) is -0.730. The first kappa shape index (κ1) is 15.9. The Morgan fingerprint density at radius 2 is 2.05 bits per heavy atom. The van der Waals surface area contributed by atoms with Crippen LogP contribution in [0.3, 0.4) is 0 Å². The van der Waals surface area contributed by atoms with E-state index in [1.807, 2.05) is 0 Å². The highest BCUT2D eigenvalue weighted by Gasteiger charge is 2.40. The molecule has 2 rings (SSSR count). The Bertz CT molecular complexity index is 618. The molecule has 1 heterocycles. The van der Waals surface area contributed by atoms with E-state index in [-0.39, 0.29) is 12.3 Å². The van der Waals surface area contributed by atoms with E-state index >= 15 is 0 Å². The van der Waals surface area contributed by atoms with Crippen LogP contribution in [0.15, 0.2) is 24.3 Å². The van der Waals surface area contributed by atoms with Crippen LogP contribution in [0, 0.1) is 5.82 Å². The Morgan fingerprint density at radius 3 is 2.62 bits per heavy atom. The number of rotatable bonds is 3. The second-order valence-corrected chi connectivity index (χ2v) is 6.65. The molecule has 0 bridgehead atoms. The normalized spacial score (nSPS) is 25.5. The van der Waals surface area contributed by atoms with Crippen LogP contribution in [-0.2, 0) is 15.0 Å². The predicted octanol–water partition coefficient (Wildman–Crippen LogP) is 0.541. The van der Waals surface area contributed by atoms with Gasteiger partial charge in [-0.05, 0) is 31.0 Å². The van der Waals surface area contributed by atoms with E-state index in [9.17, 15) is 17.6 Å². The second-order valence-electron chi connectivity index (χ2n) is 4.89. The molecule has 0 saturated carbocycles. The van der Waals surface area contributed by atoms with Gasteiger partial charge in [-0.15, -0.1) is 0 Å². The highest BCUT2D eigenvalue weighted by atomic mass is 32.2. The number of amides is 1. The fraction of sp³-hybridized carbons (Fsp3) is 0.462. The van der Waals surface area contributed by atoms with Crippen LogP contribution in [0.2, 0.25) is 0 Å². The van der Waals surface area contributed by atoms with E-state index in [1.165, 1.54) is 31.3 Å². The molecular weight excluding hydrogens is 297 g/mol. The molecular formula is C13H18FN3O3S. The van der Waals surface area contributed by atoms with Crippen molar-refractivity contribution >= 4 is 16.1 Å². The fourth-order valence-electron chi connectivity index (χ4n) is 2.31. The molecule has 1 aliphatic heterocycles. The molecule has 6 nitrogen and oxygen atoms in total. The highest BCUT2D eigenvalue weighted by molar-refractivity contribution is 7.87. The van der Waals surface area contributed by atoms with Gasteiger partial charge in [-0.1, -0.05) is 12.1 Å². The third-order valence-corrected chi connectivity index (χ3v) is 5.09. The smallest absolute Gasteiger partial charge is 0.280 e. The van der Waals surface area contributed by atoms with Crippen molar-refractivity contribution in [1.82, 2.24) is 14.3 Å². The Morgan fingerprint density at radius 1 is 1.43 bits per heavy atom. The first-order valence-corrected chi connectivity index (χ1v) is 8.07. The van der Waals surface area contributed by atoms with Crippen molar-refractivity contribution < 1.29 is 17.6 Å². The number of nitrogens with one attached hydrogen (secondary N) is 2. The molecule has 1 fully saturated rings. The van der Waals surface area contributed by atoms with Crippen LogP contribution < -0.4 is 10.0 Å². The van der Waals surface area contributed by atoms with E-state index in [0.29, 0.717) is 12.1 Å². The molecule has 1 amide bonds. The van der Waals surface area contributed by atoms with E-state index < -0.39 is 28.1 Å². The molecule has 0 aromatic heterocycles. The predicted molar refractivity (Wildman–Crippen MR) is 76.0 cm³/mol. The lowest BCUT2D eigenvalue weighted by atomic mass is 9.99. The zero-order valence-electron chi connectivity index (χ0n) is 11.8. The van der Waals surface area contributed by atoms with Crippen LogP contribution in [0.25, 0.3) is 0 Å². The SMILES string of the molecule is CCNC(=O)[C@@H]1C[C@@H](c2ccc(F)cc2)NS(=O)(=O)N1C. The van der Waals surface area contributed by atoms with Gasteiger partial charge in [0.2, 0.25) is 5.91 Å². The van der Waals surface area contributed by atoms with Crippen LogP contribution >= 0.6 is 0 Å². The van der Waals surface area contributed by atoms with E-state index in [1.54, 1.807) is 6.92 Å². The summed E-state index contributed by atoms with van der Waals surface area (Å²) in [6, 6.07) is 4.22. The van der Waals surface area contributed by atoms with Gasteiger partial charge < -0.3 is 5.32 Å². The summed E-state index contributed by atoms with van der Waals surface area (Å²) in [5, 5.41) is 2.63. The van der Waals surface area contributed by atoms with Gasteiger partial charge in [0.05, 0.1) is 0 Å². The summed E-state index contributed by atoms with van der Waals surface area (Å²) in [5.41, 5.74) is 0.627. The summed E-state index contributed by atoms with van der Waals surface area (Å²) < 4.78 is 40.7. The fourth-order valence-corrected chi connectivity index (χ4v) is 3.59. The Labute approximate surface area is 123 Å². The molecule has 1 aromatic rings. The van der Waals surface area contributed by atoms with Crippen molar-refractivity contribution in [1.29, 1.82) is 0 Å². The van der Waals surface area contributed by atoms with E-state index in [2.05, 4.69) is 10.0 Å². The maximum Gasteiger partial charge on any atom is 0.280 e. The van der Waals surface area contributed by atoms with Crippen molar-refractivity contribution in [3.63, 3.8) is 0 Å². The summed E-state index contributed by atoms with van der Waals surface area (Å²) in [6.45, 7) is 2.20. The zero-order chi connectivity index (χ0) is 15.6. The molecule has 21 heavy (non-hydrogen) atoms. The van der Waals surface area contributed by atoms with Gasteiger partial charge in [-0.25, -0.2) is 4.39 Å². The zero-order valence-corrected chi connectivity index (χ0v) is 12.7. The van der Waals surface area contributed by atoms with Crippen molar-refractivity contribution in [2.75, 3.05) is 13.6 Å². The lowest BCUT2D eigenvalue weighted by Crippen LogP contribution is -2.57. The lowest BCUT2D eigenvalue weighted by molar-refractivity contribution is -0.125. The highest BCUT2D eigenvalue weighted by Crippen LogP contribution is 2.27. The van der Waals surface area contributed by atoms with E-state index in [4.69, 9.17) is 0 Å². The van der Waals surface area contributed by atoms with Crippen molar-refractivity contribution in [2.45, 2.75) is 25.4 Å². The molecule has 0 aliphatic carbocycles. The number of nitrogens with zero attached hydrogens (tertiary/aromatic N) is 1. The molecule has 0 unspecified atom stereocenters. The van der Waals surface area contributed by atoms with Gasteiger partial charge in [0.25, 0.3) is 10.2 Å². The number of hydrogen-bond acceptors (Lipinski definition) is 3. The Kier molecular flexibility index (Phi) is 4.60. The Hall–Kier alpha value is -1.51. The number of likely N-dealkylation sites (N-methyl/N-ethyl adjacent to an activating group) is 2. The molecule has 2 atom stereocenters. The van der Waals surface area contributed by atoms with Crippen LogP contribution in [0.4, 0.5) is 4.39 Å². The molecule has 1 saturated heterocycles. The summed E-state index contributed by atoms with van der Waals surface area (Å²) in [7, 11) is -2.39. The van der Waals surface area contributed by atoms with Crippen LogP contribution in [-0.4, -0.2) is 38.3 Å². The molecule has 8 heteroatoms. The summed E-state index contributed by atoms with van der Waals surface area (Å²) >= 11 is 0. The number of carbonyl (C=O) groups is 1. The van der Waals surface area contributed by atoms with Crippen LogP contribution in [0.1, 0.15) is 24.9 Å². The van der Waals surface area contributed by atoms with Gasteiger partial charge in [-0.3, -0.25) is 4.79 Å². The summed E-state index contributed by atoms with van der Waals surface area (Å²) in [6.07, 6.45) is 0.285. The summed E-state index contributed by atoms with van der Waals surface area (Å²) in [4.78, 5) is 12.0. The topological polar surface area (TPSA) is 78.5 Å². The van der Waals surface area contributed by atoms with Gasteiger partial charge in [0.1, 0.15) is 11.9 Å². The third-order valence-electron chi connectivity index (χ3n) is 3.49. The van der Waals surface area contributed by atoms with Crippen molar-refractivity contribution in [3.05, 3.63) is 35.6 Å². The monoisotopic (exact) mass is 315 g/mol. The Balaban J connectivity index is 2.29. The average molecular weight is 315 g/mol. The average Bonchev–Trinajstić information content (AvgIpc) is 2.42. The van der Waals surface area contributed by atoms with Gasteiger partial charge in [-0.2, -0.15) is 17.4 Å². The van der Waals surface area contributed by atoms with E-state index in [0.717, 1.165) is 4.31 Å². The molecule has 1 aromatic carbocycles. The number of benzene rings is 1. The molecule has 2 N–H and O–H groups in total. The molecule has 0 radical (unpaired) electrons. The third kappa shape index (κ3) is 3.39. The minimum atomic E-state index is -3.75. The maximum absolute atomic E-state index is 13.0. The van der Waals surface area contributed by atoms with Crippen LogP contribution in [0.5, 0.6) is 0 Å². The first-order chi connectivity index (χ1) is 9.85. The minimum Gasteiger partial charge on any atom is -0.355 e. The number of halogens is 1. The minimum absolute atomic E-state index is 0.285.